The third kappa shape index (κ3) is 3.87. The van der Waals surface area contributed by atoms with Crippen LogP contribution in [0, 0.1) is 0 Å². The van der Waals surface area contributed by atoms with E-state index in [9.17, 15) is 9.59 Å². The fourth-order valence-corrected chi connectivity index (χ4v) is 2.10. The lowest BCUT2D eigenvalue weighted by Crippen LogP contribution is -2.26. The van der Waals surface area contributed by atoms with Gasteiger partial charge >= 0.3 is 12.1 Å². The highest BCUT2D eigenvalue weighted by Gasteiger charge is 2.21. The molecular formula is C15H20N2O4. The van der Waals surface area contributed by atoms with E-state index in [0.717, 1.165) is 12.0 Å². The molecule has 0 bridgehead atoms. The summed E-state index contributed by atoms with van der Waals surface area (Å²) in [4.78, 5) is 24.9. The third-order valence-corrected chi connectivity index (χ3v) is 3.29. The molecule has 21 heavy (non-hydrogen) atoms. The van der Waals surface area contributed by atoms with Crippen LogP contribution in [0.25, 0.3) is 0 Å². The second kappa shape index (κ2) is 6.97. The molecule has 6 heteroatoms. The van der Waals surface area contributed by atoms with Crippen molar-refractivity contribution in [2.75, 3.05) is 32.0 Å². The first-order chi connectivity index (χ1) is 10.1. The maximum absolute atomic E-state index is 11.9. The van der Waals surface area contributed by atoms with Gasteiger partial charge in [-0.15, -0.1) is 0 Å². The van der Waals surface area contributed by atoms with Gasteiger partial charge in [0.15, 0.2) is 0 Å². The van der Waals surface area contributed by atoms with Crippen molar-refractivity contribution in [1.29, 1.82) is 0 Å². The number of hydrogen-bond acceptors (Lipinski definition) is 5. The van der Waals surface area contributed by atoms with Crippen LogP contribution in [0.4, 0.5) is 10.5 Å². The van der Waals surface area contributed by atoms with E-state index in [2.05, 4.69) is 0 Å². The van der Waals surface area contributed by atoms with Crippen molar-refractivity contribution in [1.82, 2.24) is 4.90 Å². The first kappa shape index (κ1) is 15.2. The predicted octanol–water partition coefficient (Wildman–Crippen LogP) is 1.83. The summed E-state index contributed by atoms with van der Waals surface area (Å²) >= 11 is 0. The molecule has 1 saturated heterocycles. The molecule has 114 valence electrons. The summed E-state index contributed by atoms with van der Waals surface area (Å²) in [6, 6.07) is 5.28. The fraction of sp³-hybridized carbons (Fsp3) is 0.467. The highest BCUT2D eigenvalue weighted by molar-refractivity contribution is 5.95. The molecule has 1 fully saturated rings. The summed E-state index contributed by atoms with van der Waals surface area (Å²) in [5.41, 5.74) is 7.54. The van der Waals surface area contributed by atoms with Crippen LogP contribution in [-0.4, -0.2) is 43.3 Å². The van der Waals surface area contributed by atoms with Gasteiger partial charge in [-0.3, -0.25) is 0 Å². The molecule has 0 atom stereocenters. The summed E-state index contributed by atoms with van der Waals surface area (Å²) in [6.45, 7) is 3.92. The zero-order valence-electron chi connectivity index (χ0n) is 12.1. The van der Waals surface area contributed by atoms with Gasteiger partial charge < -0.3 is 20.1 Å². The van der Waals surface area contributed by atoms with Crippen LogP contribution < -0.4 is 5.73 Å². The molecule has 6 nitrogen and oxygen atoms in total. The standard InChI is InChI=1S/C15H20N2O4/c1-2-8-20-14(18)12-10-11(3-4-13(12)16)5-6-17-7-9-21-15(17)19/h3-4,10H,2,5-9,16H2,1H3. The van der Waals surface area contributed by atoms with E-state index < -0.39 is 5.97 Å². The zero-order valence-corrected chi connectivity index (χ0v) is 12.1. The molecule has 1 aliphatic heterocycles. The van der Waals surface area contributed by atoms with Crippen molar-refractivity contribution in [3.63, 3.8) is 0 Å². The quantitative estimate of drug-likeness (QED) is 0.639. The van der Waals surface area contributed by atoms with Crippen LogP contribution >= 0.6 is 0 Å². The molecule has 0 saturated carbocycles. The minimum atomic E-state index is -0.406. The predicted molar refractivity (Wildman–Crippen MR) is 78.1 cm³/mol. The highest BCUT2D eigenvalue weighted by Crippen LogP contribution is 2.17. The van der Waals surface area contributed by atoms with Crippen LogP contribution in [0.3, 0.4) is 0 Å². The van der Waals surface area contributed by atoms with Gasteiger partial charge in [-0.1, -0.05) is 13.0 Å². The van der Waals surface area contributed by atoms with Crippen molar-refractivity contribution in [3.05, 3.63) is 29.3 Å². The molecule has 0 radical (unpaired) electrons. The molecule has 2 N–H and O–H groups in total. The van der Waals surface area contributed by atoms with Crippen LogP contribution in [0.15, 0.2) is 18.2 Å². The van der Waals surface area contributed by atoms with Crippen molar-refractivity contribution in [2.24, 2.45) is 0 Å². The number of hydrogen-bond donors (Lipinski definition) is 1. The van der Waals surface area contributed by atoms with Crippen molar-refractivity contribution in [3.8, 4) is 0 Å². The summed E-state index contributed by atoms with van der Waals surface area (Å²) in [5.74, 6) is -0.406. The summed E-state index contributed by atoms with van der Waals surface area (Å²) in [7, 11) is 0. The van der Waals surface area contributed by atoms with Gasteiger partial charge in [-0.05, 0) is 30.5 Å². The fourth-order valence-electron chi connectivity index (χ4n) is 2.10. The Morgan fingerprint density at radius 2 is 2.29 bits per heavy atom. The van der Waals surface area contributed by atoms with Crippen molar-refractivity contribution >= 4 is 17.7 Å². The summed E-state index contributed by atoms with van der Waals surface area (Å²) < 4.78 is 9.98. The van der Waals surface area contributed by atoms with Gasteiger partial charge in [-0.2, -0.15) is 0 Å². The Bertz CT molecular complexity index is 530. The Labute approximate surface area is 123 Å². The third-order valence-electron chi connectivity index (χ3n) is 3.29. The number of carbonyl (C=O) groups is 2. The van der Waals surface area contributed by atoms with Crippen molar-refractivity contribution < 1.29 is 19.1 Å². The highest BCUT2D eigenvalue weighted by atomic mass is 16.6. The minimum Gasteiger partial charge on any atom is -0.462 e. The molecular weight excluding hydrogens is 272 g/mol. The first-order valence-electron chi connectivity index (χ1n) is 7.09. The van der Waals surface area contributed by atoms with Gasteiger partial charge in [0, 0.05) is 12.2 Å². The van der Waals surface area contributed by atoms with Gasteiger partial charge in [0.2, 0.25) is 0 Å². The Balaban J connectivity index is 2.00. The van der Waals surface area contributed by atoms with E-state index in [0.29, 0.717) is 44.0 Å². The van der Waals surface area contributed by atoms with Crippen molar-refractivity contribution in [2.45, 2.75) is 19.8 Å². The zero-order chi connectivity index (χ0) is 15.2. The van der Waals surface area contributed by atoms with Crippen LogP contribution in [0.1, 0.15) is 29.3 Å². The average Bonchev–Trinajstić information content (AvgIpc) is 2.89. The van der Waals surface area contributed by atoms with Crippen LogP contribution in [0.5, 0.6) is 0 Å². The Morgan fingerprint density at radius 3 is 2.95 bits per heavy atom. The van der Waals surface area contributed by atoms with Crippen LogP contribution in [-0.2, 0) is 15.9 Å². The molecule has 1 aliphatic rings. The molecule has 2 rings (SSSR count). The number of nitrogen functional groups attached to an aromatic ring is 1. The normalized spacial score (nSPS) is 14.1. The number of nitrogens with zero attached hydrogens (tertiary/aromatic N) is 1. The Kier molecular flexibility index (Phi) is 5.03. The van der Waals surface area contributed by atoms with Gasteiger partial charge in [0.05, 0.1) is 18.7 Å². The number of esters is 1. The smallest absolute Gasteiger partial charge is 0.409 e. The van der Waals surface area contributed by atoms with E-state index in [1.165, 1.54) is 0 Å². The van der Waals surface area contributed by atoms with E-state index in [1.54, 1.807) is 17.0 Å². The summed E-state index contributed by atoms with van der Waals surface area (Å²) in [6.07, 6.45) is 1.12. The average molecular weight is 292 g/mol. The van der Waals surface area contributed by atoms with E-state index in [1.807, 2.05) is 13.0 Å². The molecule has 0 aromatic heterocycles. The molecule has 1 aromatic carbocycles. The number of anilines is 1. The number of ether oxygens (including phenoxy) is 2. The minimum absolute atomic E-state index is 0.284. The number of benzene rings is 1. The molecule has 0 aliphatic carbocycles. The molecule has 0 unspecified atom stereocenters. The maximum Gasteiger partial charge on any atom is 0.409 e. The topological polar surface area (TPSA) is 81.9 Å². The number of rotatable bonds is 6. The van der Waals surface area contributed by atoms with E-state index in [4.69, 9.17) is 15.2 Å². The maximum atomic E-state index is 11.9. The molecule has 0 spiro atoms. The van der Waals surface area contributed by atoms with Gasteiger partial charge in [0.25, 0.3) is 0 Å². The number of amides is 1. The van der Waals surface area contributed by atoms with E-state index >= 15 is 0 Å². The summed E-state index contributed by atoms with van der Waals surface area (Å²) in [5, 5.41) is 0. The van der Waals surface area contributed by atoms with Gasteiger partial charge in [0.1, 0.15) is 6.61 Å². The second-order valence-electron chi connectivity index (χ2n) is 4.91. The Hall–Kier alpha value is -2.24. The monoisotopic (exact) mass is 292 g/mol. The first-order valence-corrected chi connectivity index (χ1v) is 7.09. The SMILES string of the molecule is CCCOC(=O)c1cc(CCN2CCOC2=O)ccc1N. The van der Waals surface area contributed by atoms with Crippen LogP contribution in [0.2, 0.25) is 0 Å². The lowest BCUT2D eigenvalue weighted by atomic mass is 10.1. The Morgan fingerprint density at radius 1 is 1.48 bits per heavy atom. The number of nitrogens with two attached hydrogens (primary N) is 1. The number of cyclic esters (lactones) is 1. The molecule has 1 aromatic rings. The van der Waals surface area contributed by atoms with Gasteiger partial charge in [-0.25, -0.2) is 9.59 Å². The van der Waals surface area contributed by atoms with E-state index in [-0.39, 0.29) is 6.09 Å². The second-order valence-corrected chi connectivity index (χ2v) is 4.91. The lowest BCUT2D eigenvalue weighted by molar-refractivity contribution is 0.0506. The molecule has 1 amide bonds. The molecule has 1 heterocycles. The number of carbonyl (C=O) groups excluding carboxylic acids is 2. The largest absolute Gasteiger partial charge is 0.462 e. The lowest BCUT2D eigenvalue weighted by Gasteiger charge is -2.13.